The zero-order chi connectivity index (χ0) is 22.3. The number of aliphatic hydroxyl groups excluding tert-OH is 1. The van der Waals surface area contributed by atoms with Crippen molar-refractivity contribution in [3.05, 3.63) is 59.9 Å². The van der Waals surface area contributed by atoms with Crippen molar-refractivity contribution in [1.82, 2.24) is 5.32 Å². The highest BCUT2D eigenvalue weighted by atomic mass is 16.5. The average molecular weight is 414 g/mol. The molecule has 0 radical (unpaired) electrons. The van der Waals surface area contributed by atoms with Crippen molar-refractivity contribution in [1.29, 1.82) is 0 Å². The number of benzene rings is 2. The van der Waals surface area contributed by atoms with E-state index in [0.717, 1.165) is 0 Å². The van der Waals surface area contributed by atoms with Gasteiger partial charge in [-0.1, -0.05) is 6.07 Å². The molecule has 0 heterocycles. The molecule has 30 heavy (non-hydrogen) atoms. The zero-order valence-electron chi connectivity index (χ0n) is 16.7. The first-order valence-corrected chi connectivity index (χ1v) is 8.79. The number of carboxylic acid groups (broad SMARTS) is 1. The molecule has 0 aromatic heterocycles. The van der Waals surface area contributed by atoms with Crippen molar-refractivity contribution in [3.8, 4) is 17.2 Å². The van der Waals surface area contributed by atoms with Gasteiger partial charge in [-0.2, -0.15) is 0 Å². The zero-order valence-corrected chi connectivity index (χ0v) is 16.7. The third kappa shape index (κ3) is 5.51. The average Bonchev–Trinajstić information content (AvgIpc) is 2.72. The second-order valence-electron chi connectivity index (χ2n) is 6.30. The highest BCUT2D eigenvalue weighted by Gasteiger charge is 2.24. The van der Waals surface area contributed by atoms with Crippen LogP contribution in [0, 0.1) is 0 Å². The van der Waals surface area contributed by atoms with Crippen LogP contribution in [0.15, 0.2) is 54.3 Å². The second kappa shape index (κ2) is 9.97. The third-order valence-corrected chi connectivity index (χ3v) is 3.99. The predicted octanol–water partition coefficient (Wildman–Crippen LogP) is 2.38. The summed E-state index contributed by atoms with van der Waals surface area (Å²) in [7, 11) is 4.95. The van der Waals surface area contributed by atoms with E-state index in [1.54, 1.807) is 62.5 Å². The molecule has 9 nitrogen and oxygen atoms in total. The van der Waals surface area contributed by atoms with Crippen LogP contribution in [-0.2, 0) is 9.59 Å². The van der Waals surface area contributed by atoms with Gasteiger partial charge in [0.2, 0.25) is 5.78 Å². The van der Waals surface area contributed by atoms with E-state index in [-0.39, 0.29) is 5.56 Å². The summed E-state index contributed by atoms with van der Waals surface area (Å²) in [6.07, 6.45) is 0.361. The number of ketones is 1. The van der Waals surface area contributed by atoms with Crippen LogP contribution < -0.4 is 19.7 Å². The minimum atomic E-state index is -1.28. The lowest BCUT2D eigenvalue weighted by molar-refractivity contribution is -0.137. The van der Waals surface area contributed by atoms with Gasteiger partial charge >= 0.3 is 5.97 Å². The number of methoxy groups -OCH3 is 1. The Balaban J connectivity index is 2.32. The number of ether oxygens (including phenoxy) is 2. The van der Waals surface area contributed by atoms with Crippen molar-refractivity contribution in [2.24, 2.45) is 0 Å². The van der Waals surface area contributed by atoms with E-state index >= 15 is 0 Å². The molecule has 0 unspecified atom stereocenters. The molecule has 2 aromatic rings. The molecule has 9 heteroatoms. The number of Topliss-reactive ketones (excluding diaryl/α,β-unsaturated/α-hetero) is 1. The smallest absolute Gasteiger partial charge is 0.322 e. The SMILES string of the molecule is COc1cccc(Oc2ccc(C(=O)C(=CO)C(=O)NCC(=O)O)c(N(C)C)c2)c1. The molecule has 0 saturated carbocycles. The first-order valence-electron chi connectivity index (χ1n) is 8.79. The number of hydrogen-bond donors (Lipinski definition) is 3. The van der Waals surface area contributed by atoms with Gasteiger partial charge in [0, 0.05) is 31.8 Å². The monoisotopic (exact) mass is 414 g/mol. The summed E-state index contributed by atoms with van der Waals surface area (Å²) < 4.78 is 11.0. The lowest BCUT2D eigenvalue weighted by atomic mass is 10.0. The molecule has 0 aliphatic rings. The van der Waals surface area contributed by atoms with Crippen molar-refractivity contribution in [2.75, 3.05) is 32.6 Å². The summed E-state index contributed by atoms with van der Waals surface area (Å²) in [4.78, 5) is 37.2. The van der Waals surface area contributed by atoms with Crippen molar-refractivity contribution >= 4 is 23.3 Å². The molecule has 0 saturated heterocycles. The van der Waals surface area contributed by atoms with Crippen LogP contribution >= 0.6 is 0 Å². The fraction of sp³-hybridized carbons (Fsp3) is 0.190. The maximum absolute atomic E-state index is 12.8. The Morgan fingerprint density at radius 1 is 1.07 bits per heavy atom. The number of hydrogen-bond acceptors (Lipinski definition) is 7. The molecule has 2 rings (SSSR count). The Hall–Kier alpha value is -4.01. The van der Waals surface area contributed by atoms with Crippen molar-refractivity contribution in [2.45, 2.75) is 0 Å². The van der Waals surface area contributed by atoms with E-state index in [4.69, 9.17) is 14.6 Å². The van der Waals surface area contributed by atoms with Gasteiger partial charge < -0.3 is 29.9 Å². The largest absolute Gasteiger partial charge is 0.515 e. The van der Waals surface area contributed by atoms with Crippen LogP contribution in [0.1, 0.15) is 10.4 Å². The molecule has 158 valence electrons. The van der Waals surface area contributed by atoms with Crippen molar-refractivity contribution in [3.63, 3.8) is 0 Å². The minimum absolute atomic E-state index is 0.128. The van der Waals surface area contributed by atoms with Crippen LogP contribution in [0.25, 0.3) is 0 Å². The number of carbonyl (C=O) groups is 3. The molecule has 0 aliphatic carbocycles. The molecule has 3 N–H and O–H groups in total. The third-order valence-electron chi connectivity index (χ3n) is 3.99. The van der Waals surface area contributed by atoms with Gasteiger partial charge in [0.25, 0.3) is 5.91 Å². The predicted molar refractivity (Wildman–Crippen MR) is 110 cm³/mol. The first kappa shape index (κ1) is 22.3. The molecule has 0 fully saturated rings. The molecule has 2 aromatic carbocycles. The Labute approximate surface area is 173 Å². The topological polar surface area (TPSA) is 125 Å². The number of aliphatic carboxylic acids is 1. The fourth-order valence-electron chi connectivity index (χ4n) is 2.55. The number of anilines is 1. The summed E-state index contributed by atoms with van der Waals surface area (Å²) in [5.74, 6) is -1.45. The Morgan fingerprint density at radius 3 is 2.33 bits per heavy atom. The Bertz CT molecular complexity index is 983. The lowest BCUT2D eigenvalue weighted by Crippen LogP contribution is -2.33. The molecule has 0 aliphatic heterocycles. The maximum atomic E-state index is 12.8. The Morgan fingerprint density at radius 2 is 1.73 bits per heavy atom. The summed E-state index contributed by atoms with van der Waals surface area (Å²) in [6, 6.07) is 11.6. The van der Waals surface area contributed by atoms with Gasteiger partial charge in [-0.3, -0.25) is 14.4 Å². The van der Waals surface area contributed by atoms with Gasteiger partial charge in [0.15, 0.2) is 0 Å². The first-order chi connectivity index (χ1) is 14.3. The molecule has 0 bridgehead atoms. The number of nitrogens with one attached hydrogen (secondary N) is 1. The number of aliphatic hydroxyl groups is 1. The summed E-state index contributed by atoms with van der Waals surface area (Å²) >= 11 is 0. The quantitative estimate of drug-likeness (QED) is 0.188. The van der Waals surface area contributed by atoms with E-state index < -0.39 is 29.8 Å². The lowest BCUT2D eigenvalue weighted by Gasteiger charge is -2.19. The highest BCUT2D eigenvalue weighted by molar-refractivity contribution is 6.27. The van der Waals surface area contributed by atoms with Gasteiger partial charge in [0.1, 0.15) is 29.4 Å². The van der Waals surface area contributed by atoms with E-state index in [1.807, 2.05) is 5.32 Å². The van der Waals surface area contributed by atoms with Crippen molar-refractivity contribution < 1.29 is 34.1 Å². The number of carboxylic acids is 1. The minimum Gasteiger partial charge on any atom is -0.515 e. The van der Waals surface area contributed by atoms with E-state index in [0.29, 0.717) is 29.2 Å². The van der Waals surface area contributed by atoms with Gasteiger partial charge in [-0.25, -0.2) is 0 Å². The van der Waals surface area contributed by atoms with E-state index in [1.165, 1.54) is 6.07 Å². The standard InChI is InChI=1S/C21H22N2O7/c1-23(2)18-10-15(30-14-6-4-5-13(9-14)29-3)7-8-16(18)20(27)17(12-24)21(28)22-11-19(25)26/h4-10,12,24H,11H2,1-3H3,(H,22,28)(H,25,26). The van der Waals surface area contributed by atoms with Crippen LogP contribution in [0.5, 0.6) is 17.2 Å². The second-order valence-corrected chi connectivity index (χ2v) is 6.30. The summed E-state index contributed by atoms with van der Waals surface area (Å²) in [5.41, 5.74) is -0.0182. The van der Waals surface area contributed by atoms with Crippen LogP contribution in [0.4, 0.5) is 5.69 Å². The van der Waals surface area contributed by atoms with Crippen LogP contribution in [-0.4, -0.2) is 55.6 Å². The van der Waals surface area contributed by atoms with E-state index in [9.17, 15) is 19.5 Å². The maximum Gasteiger partial charge on any atom is 0.322 e. The van der Waals surface area contributed by atoms with E-state index in [2.05, 4.69) is 0 Å². The number of nitrogens with zero attached hydrogens (tertiary/aromatic N) is 1. The number of amides is 1. The molecular formula is C21H22N2O7. The summed E-state index contributed by atoms with van der Waals surface area (Å²) in [5, 5.41) is 20.1. The van der Waals surface area contributed by atoms with Crippen LogP contribution in [0.3, 0.4) is 0 Å². The molecule has 1 amide bonds. The van der Waals surface area contributed by atoms with Gasteiger partial charge in [-0.05, 0) is 24.3 Å². The molecular weight excluding hydrogens is 392 g/mol. The van der Waals surface area contributed by atoms with Gasteiger partial charge in [-0.15, -0.1) is 0 Å². The summed E-state index contributed by atoms with van der Waals surface area (Å²) in [6.45, 7) is -0.683. The fourth-order valence-corrected chi connectivity index (χ4v) is 2.55. The molecule has 0 atom stereocenters. The van der Waals surface area contributed by atoms with Crippen LogP contribution in [0.2, 0.25) is 0 Å². The number of carbonyl (C=O) groups excluding carboxylic acids is 2. The highest BCUT2D eigenvalue weighted by Crippen LogP contribution is 2.31. The Kier molecular flexibility index (Phi) is 7.40. The number of rotatable bonds is 9. The molecule has 0 spiro atoms. The normalized spacial score (nSPS) is 10.8. The van der Waals surface area contributed by atoms with Gasteiger partial charge in [0.05, 0.1) is 19.1 Å².